The van der Waals surface area contributed by atoms with Crippen LogP contribution in [0.3, 0.4) is 0 Å². The van der Waals surface area contributed by atoms with Gasteiger partial charge in [0.25, 0.3) is 0 Å². The molecule has 0 bridgehead atoms. The molecule has 0 spiro atoms. The van der Waals surface area contributed by atoms with Crippen LogP contribution in [-0.4, -0.2) is 16.1 Å². The molecule has 0 amide bonds. The Labute approximate surface area is 122 Å². The maximum atomic E-state index is 11.2. The van der Waals surface area contributed by atoms with Crippen LogP contribution in [0.1, 0.15) is 35.7 Å². The Morgan fingerprint density at radius 2 is 2.15 bits per heavy atom. The summed E-state index contributed by atoms with van der Waals surface area (Å²) in [6.45, 7) is 5.86. The van der Waals surface area contributed by atoms with Crippen LogP contribution < -0.4 is 0 Å². The molecule has 0 unspecified atom stereocenters. The summed E-state index contributed by atoms with van der Waals surface area (Å²) in [6.07, 6.45) is 0.560. The molecule has 0 radical (unpaired) electrons. The second-order valence-corrected chi connectivity index (χ2v) is 5.52. The van der Waals surface area contributed by atoms with E-state index < -0.39 is 5.97 Å². The Kier molecular flexibility index (Phi) is 4.14. The van der Waals surface area contributed by atoms with Crippen LogP contribution in [0.5, 0.6) is 0 Å². The fourth-order valence-corrected chi connectivity index (χ4v) is 2.17. The van der Waals surface area contributed by atoms with Gasteiger partial charge in [-0.1, -0.05) is 31.5 Å². The topological polar surface area (TPSA) is 63.3 Å². The Morgan fingerprint density at radius 3 is 2.75 bits per heavy atom. The average Bonchev–Trinajstić information content (AvgIpc) is 2.75. The molecule has 1 N–H and O–H groups in total. The number of oxazole rings is 1. The van der Waals surface area contributed by atoms with Crippen LogP contribution in [0.2, 0.25) is 5.02 Å². The predicted octanol–water partition coefficient (Wildman–Crippen LogP) is 4.20. The third-order valence-corrected chi connectivity index (χ3v) is 3.40. The molecule has 0 atom stereocenters. The first-order chi connectivity index (χ1) is 9.40. The van der Waals surface area contributed by atoms with Crippen molar-refractivity contribution >= 4 is 17.6 Å². The molecule has 1 aromatic heterocycles. The fraction of sp³-hybridized carbons (Fsp3) is 0.333. The summed E-state index contributed by atoms with van der Waals surface area (Å²) in [5.74, 6) is -0.586. The van der Waals surface area contributed by atoms with E-state index in [-0.39, 0.29) is 5.76 Å². The summed E-state index contributed by atoms with van der Waals surface area (Å²) in [5, 5.41) is 9.80. The zero-order valence-corrected chi connectivity index (χ0v) is 12.4. The number of aromatic carboxylic acids is 1. The predicted molar refractivity (Wildman–Crippen MR) is 77.2 cm³/mol. The van der Waals surface area contributed by atoms with E-state index in [1.54, 1.807) is 12.1 Å². The van der Waals surface area contributed by atoms with E-state index in [9.17, 15) is 9.90 Å². The van der Waals surface area contributed by atoms with Crippen LogP contribution in [0, 0.1) is 12.8 Å². The number of hydrogen-bond acceptors (Lipinski definition) is 3. The van der Waals surface area contributed by atoms with Gasteiger partial charge in [0.1, 0.15) is 0 Å². The van der Waals surface area contributed by atoms with E-state index in [2.05, 4.69) is 4.98 Å². The van der Waals surface area contributed by atoms with Crippen molar-refractivity contribution in [1.29, 1.82) is 0 Å². The molecule has 1 heterocycles. The minimum absolute atomic E-state index is 0.0897. The second-order valence-electron chi connectivity index (χ2n) is 5.11. The van der Waals surface area contributed by atoms with Gasteiger partial charge in [-0.25, -0.2) is 9.78 Å². The van der Waals surface area contributed by atoms with Gasteiger partial charge in [-0.3, -0.25) is 0 Å². The van der Waals surface area contributed by atoms with Crippen LogP contribution in [0.25, 0.3) is 11.5 Å². The highest BCUT2D eigenvalue weighted by atomic mass is 35.5. The first-order valence-electron chi connectivity index (χ1n) is 6.38. The van der Waals surface area contributed by atoms with Crippen molar-refractivity contribution in [2.75, 3.05) is 0 Å². The monoisotopic (exact) mass is 293 g/mol. The zero-order chi connectivity index (χ0) is 14.9. The standard InChI is InChI=1S/C15H16ClNO3/c1-8(2)7-12-13(15(18)19)20-14(17-12)10-5-4-6-11(16)9(10)3/h4-6,8H,7H2,1-3H3,(H,18,19). The van der Waals surface area contributed by atoms with E-state index in [4.69, 9.17) is 16.0 Å². The fourth-order valence-electron chi connectivity index (χ4n) is 2.00. The van der Waals surface area contributed by atoms with Gasteiger partial charge in [0.05, 0.1) is 5.69 Å². The van der Waals surface area contributed by atoms with Crippen molar-refractivity contribution in [2.24, 2.45) is 5.92 Å². The van der Waals surface area contributed by atoms with Gasteiger partial charge >= 0.3 is 5.97 Å². The quantitative estimate of drug-likeness (QED) is 0.917. The molecule has 0 saturated carbocycles. The molecule has 0 saturated heterocycles. The number of carbonyl (C=O) groups is 1. The van der Waals surface area contributed by atoms with Gasteiger partial charge in [0.15, 0.2) is 0 Å². The number of carboxylic acids is 1. The van der Waals surface area contributed by atoms with Gasteiger partial charge in [-0.2, -0.15) is 0 Å². The summed E-state index contributed by atoms with van der Waals surface area (Å²) in [5.41, 5.74) is 2.01. The Hall–Kier alpha value is -1.81. The largest absolute Gasteiger partial charge is 0.475 e. The summed E-state index contributed by atoms with van der Waals surface area (Å²) >= 11 is 6.07. The number of hydrogen-bond donors (Lipinski definition) is 1. The number of carboxylic acid groups (broad SMARTS) is 1. The lowest BCUT2D eigenvalue weighted by Gasteiger charge is -2.02. The van der Waals surface area contributed by atoms with Crippen molar-refractivity contribution in [3.8, 4) is 11.5 Å². The van der Waals surface area contributed by atoms with Crippen LogP contribution >= 0.6 is 11.6 Å². The molecule has 0 aliphatic carbocycles. The Balaban J connectivity index is 2.53. The highest BCUT2D eigenvalue weighted by Crippen LogP contribution is 2.30. The molecular weight excluding hydrogens is 278 g/mol. The van der Waals surface area contributed by atoms with Gasteiger partial charge in [0.2, 0.25) is 11.7 Å². The van der Waals surface area contributed by atoms with Crippen molar-refractivity contribution in [3.63, 3.8) is 0 Å². The number of benzene rings is 1. The van der Waals surface area contributed by atoms with Crippen molar-refractivity contribution in [2.45, 2.75) is 27.2 Å². The molecule has 5 heteroatoms. The van der Waals surface area contributed by atoms with Crippen LogP contribution in [0.4, 0.5) is 0 Å². The molecule has 0 aliphatic rings. The smallest absolute Gasteiger partial charge is 0.373 e. The second kappa shape index (κ2) is 5.67. The van der Waals surface area contributed by atoms with Gasteiger partial charge < -0.3 is 9.52 Å². The SMILES string of the molecule is Cc1c(Cl)cccc1-c1nc(CC(C)C)c(C(=O)O)o1. The molecule has 2 rings (SSSR count). The first-order valence-corrected chi connectivity index (χ1v) is 6.76. The normalized spacial score (nSPS) is 11.1. The maximum Gasteiger partial charge on any atom is 0.373 e. The van der Waals surface area contributed by atoms with Gasteiger partial charge in [0, 0.05) is 10.6 Å². The van der Waals surface area contributed by atoms with Crippen molar-refractivity contribution in [1.82, 2.24) is 4.98 Å². The molecule has 0 aliphatic heterocycles. The summed E-state index contributed by atoms with van der Waals surface area (Å²) in [7, 11) is 0. The lowest BCUT2D eigenvalue weighted by atomic mass is 10.1. The highest BCUT2D eigenvalue weighted by Gasteiger charge is 2.22. The summed E-state index contributed by atoms with van der Waals surface area (Å²) < 4.78 is 5.43. The van der Waals surface area contributed by atoms with Crippen molar-refractivity contribution in [3.05, 3.63) is 40.2 Å². The maximum absolute atomic E-state index is 11.2. The molecule has 4 nitrogen and oxygen atoms in total. The third kappa shape index (κ3) is 2.85. The Bertz CT molecular complexity index is 647. The summed E-state index contributed by atoms with van der Waals surface area (Å²) in [6, 6.07) is 5.38. The lowest BCUT2D eigenvalue weighted by molar-refractivity contribution is 0.0661. The zero-order valence-electron chi connectivity index (χ0n) is 11.6. The minimum atomic E-state index is -1.10. The first kappa shape index (κ1) is 14.6. The van der Waals surface area contributed by atoms with E-state index in [1.165, 1.54) is 0 Å². The van der Waals surface area contributed by atoms with E-state index in [1.807, 2.05) is 26.8 Å². The molecule has 106 valence electrons. The van der Waals surface area contributed by atoms with E-state index in [0.717, 1.165) is 11.1 Å². The third-order valence-electron chi connectivity index (χ3n) is 2.99. The highest BCUT2D eigenvalue weighted by molar-refractivity contribution is 6.31. The lowest BCUT2D eigenvalue weighted by Crippen LogP contribution is -2.03. The van der Waals surface area contributed by atoms with Gasteiger partial charge in [-0.05, 0) is 37.0 Å². The van der Waals surface area contributed by atoms with Crippen LogP contribution in [-0.2, 0) is 6.42 Å². The Morgan fingerprint density at radius 1 is 1.45 bits per heavy atom. The van der Waals surface area contributed by atoms with E-state index >= 15 is 0 Å². The summed E-state index contributed by atoms with van der Waals surface area (Å²) in [4.78, 5) is 15.6. The average molecular weight is 294 g/mol. The van der Waals surface area contributed by atoms with Gasteiger partial charge in [-0.15, -0.1) is 0 Å². The number of halogens is 1. The minimum Gasteiger partial charge on any atom is -0.475 e. The number of aromatic nitrogens is 1. The molecule has 0 fully saturated rings. The molecule has 1 aromatic carbocycles. The molecular formula is C15H16ClNO3. The molecule has 2 aromatic rings. The van der Waals surface area contributed by atoms with Crippen LogP contribution in [0.15, 0.2) is 22.6 Å². The number of rotatable bonds is 4. The van der Waals surface area contributed by atoms with E-state index in [0.29, 0.717) is 28.9 Å². The number of nitrogens with zero attached hydrogens (tertiary/aromatic N) is 1. The van der Waals surface area contributed by atoms with Crippen molar-refractivity contribution < 1.29 is 14.3 Å². The molecule has 20 heavy (non-hydrogen) atoms.